The highest BCUT2D eigenvalue weighted by Crippen LogP contribution is 2.31. The first-order valence-electron chi connectivity index (χ1n) is 15.6. The van der Waals surface area contributed by atoms with Gasteiger partial charge in [0.15, 0.2) is 12.4 Å². The van der Waals surface area contributed by atoms with Crippen LogP contribution in [0, 0.1) is 5.41 Å². The zero-order valence-electron chi connectivity index (χ0n) is 26.5. The maximum Gasteiger partial charge on any atom is 0.311 e. The number of carbonyl (C=O) groups is 2. The normalized spacial score (nSPS) is 22.2. The number of hydrogen-bond acceptors (Lipinski definition) is 8. The van der Waals surface area contributed by atoms with Gasteiger partial charge in [0.1, 0.15) is 24.9 Å². The number of benzene rings is 2. The van der Waals surface area contributed by atoms with Crippen LogP contribution in [0.2, 0.25) is 0 Å². The molecule has 43 heavy (non-hydrogen) atoms. The van der Waals surface area contributed by atoms with Crippen molar-refractivity contribution in [3.05, 3.63) is 71.8 Å². The minimum absolute atomic E-state index is 0.0877. The SMILES string of the molecule is CCCCCCCCO[C@@H]1O[C@H](COC(=O)C(C)(C)C)[C@H](OCc2ccccc2)[C@H](OC(C)=O)[C@H]1OCc1ccccc1. The van der Waals surface area contributed by atoms with Crippen LogP contribution in [0.25, 0.3) is 0 Å². The predicted octanol–water partition coefficient (Wildman–Crippen LogP) is 6.78. The van der Waals surface area contributed by atoms with Crippen LogP contribution in [0.1, 0.15) is 84.3 Å². The molecule has 1 aliphatic rings. The zero-order valence-corrected chi connectivity index (χ0v) is 26.5. The highest BCUT2D eigenvalue weighted by molar-refractivity contribution is 5.75. The van der Waals surface area contributed by atoms with Gasteiger partial charge in [-0.3, -0.25) is 9.59 Å². The molecule has 0 unspecified atom stereocenters. The van der Waals surface area contributed by atoms with Crippen molar-refractivity contribution in [2.45, 2.75) is 117 Å². The lowest BCUT2D eigenvalue weighted by molar-refractivity contribution is -0.321. The van der Waals surface area contributed by atoms with Gasteiger partial charge in [-0.2, -0.15) is 0 Å². The quantitative estimate of drug-likeness (QED) is 0.145. The maximum atomic E-state index is 12.7. The van der Waals surface area contributed by atoms with Gasteiger partial charge in [-0.25, -0.2) is 0 Å². The number of carbonyl (C=O) groups excluding carboxylic acids is 2. The molecule has 2 aromatic rings. The first-order chi connectivity index (χ1) is 20.7. The average molecular weight is 599 g/mol. The molecule has 1 aliphatic heterocycles. The van der Waals surface area contributed by atoms with E-state index in [0.29, 0.717) is 6.61 Å². The van der Waals surface area contributed by atoms with Gasteiger partial charge in [0, 0.05) is 13.5 Å². The minimum Gasteiger partial charge on any atom is -0.462 e. The van der Waals surface area contributed by atoms with Crippen LogP contribution >= 0.6 is 0 Å². The molecule has 0 saturated carbocycles. The Morgan fingerprint density at radius 1 is 0.744 bits per heavy atom. The number of rotatable bonds is 17. The summed E-state index contributed by atoms with van der Waals surface area (Å²) in [5.41, 5.74) is 1.21. The van der Waals surface area contributed by atoms with Gasteiger partial charge in [-0.15, -0.1) is 0 Å². The van der Waals surface area contributed by atoms with Gasteiger partial charge in [0.2, 0.25) is 0 Å². The molecule has 0 N–H and O–H groups in total. The molecule has 0 aliphatic carbocycles. The highest BCUT2D eigenvalue weighted by atomic mass is 16.7. The second kappa shape index (κ2) is 18.1. The molecule has 2 aromatic carbocycles. The van der Waals surface area contributed by atoms with Gasteiger partial charge in [-0.05, 0) is 38.3 Å². The van der Waals surface area contributed by atoms with Gasteiger partial charge < -0.3 is 28.4 Å². The summed E-state index contributed by atoms with van der Waals surface area (Å²) < 4.78 is 37.2. The molecular formula is C35H50O8. The van der Waals surface area contributed by atoms with Gasteiger partial charge >= 0.3 is 11.9 Å². The molecule has 0 spiro atoms. The fourth-order valence-corrected chi connectivity index (χ4v) is 4.84. The Labute approximate surface area is 257 Å². The lowest BCUT2D eigenvalue weighted by Crippen LogP contribution is -2.62. The molecular weight excluding hydrogens is 548 g/mol. The summed E-state index contributed by atoms with van der Waals surface area (Å²) in [6.07, 6.45) is 2.63. The molecule has 0 aromatic heterocycles. The molecule has 3 rings (SSSR count). The maximum absolute atomic E-state index is 12.7. The predicted molar refractivity (Wildman–Crippen MR) is 164 cm³/mol. The van der Waals surface area contributed by atoms with E-state index in [9.17, 15) is 9.59 Å². The first kappa shape index (κ1) is 34.7. The summed E-state index contributed by atoms with van der Waals surface area (Å²) in [7, 11) is 0. The second-order valence-electron chi connectivity index (χ2n) is 12.1. The number of hydrogen-bond donors (Lipinski definition) is 0. The third kappa shape index (κ3) is 12.0. The molecule has 238 valence electrons. The third-order valence-electron chi connectivity index (χ3n) is 7.23. The van der Waals surface area contributed by atoms with Crippen molar-refractivity contribution in [3.8, 4) is 0 Å². The van der Waals surface area contributed by atoms with E-state index < -0.39 is 42.1 Å². The van der Waals surface area contributed by atoms with Crippen LogP contribution in [0.15, 0.2) is 60.7 Å². The van der Waals surface area contributed by atoms with Crippen molar-refractivity contribution in [1.82, 2.24) is 0 Å². The molecule has 0 bridgehead atoms. The second-order valence-corrected chi connectivity index (χ2v) is 12.1. The fourth-order valence-electron chi connectivity index (χ4n) is 4.84. The van der Waals surface area contributed by atoms with Crippen molar-refractivity contribution in [3.63, 3.8) is 0 Å². The van der Waals surface area contributed by atoms with Gasteiger partial charge in [0.05, 0.1) is 18.6 Å². The summed E-state index contributed by atoms with van der Waals surface area (Å²) in [5, 5.41) is 0. The van der Waals surface area contributed by atoms with Crippen molar-refractivity contribution < 1.29 is 38.0 Å². The van der Waals surface area contributed by atoms with E-state index >= 15 is 0 Å². The van der Waals surface area contributed by atoms with Crippen LogP contribution < -0.4 is 0 Å². The Morgan fingerprint density at radius 2 is 1.30 bits per heavy atom. The van der Waals surface area contributed by atoms with E-state index in [1.54, 1.807) is 20.8 Å². The standard InChI is InChI=1S/C35H50O8/c1-6-7-8-9-10-17-22-38-33-32(40-24-28-20-15-12-16-21-28)31(42-26(2)36)30(39-23-27-18-13-11-14-19-27)29(43-33)25-41-34(37)35(3,4)5/h11-16,18-21,29-33H,6-10,17,22-25H2,1-5H3/t29-,30+,31+,32-,33-/m1/s1. The van der Waals surface area contributed by atoms with E-state index in [2.05, 4.69) is 6.92 Å². The van der Waals surface area contributed by atoms with E-state index in [4.69, 9.17) is 28.4 Å². The van der Waals surface area contributed by atoms with Crippen molar-refractivity contribution in [2.24, 2.45) is 5.41 Å². The Bertz CT molecular complexity index is 1070. The summed E-state index contributed by atoms with van der Waals surface area (Å²) in [4.78, 5) is 25.2. The highest BCUT2D eigenvalue weighted by Gasteiger charge is 2.50. The molecule has 0 radical (unpaired) electrons. The van der Waals surface area contributed by atoms with Crippen molar-refractivity contribution in [1.29, 1.82) is 0 Å². The number of esters is 2. The van der Waals surface area contributed by atoms with E-state index in [-0.39, 0.29) is 25.8 Å². The Balaban J connectivity index is 1.85. The third-order valence-corrected chi connectivity index (χ3v) is 7.23. The van der Waals surface area contributed by atoms with Crippen LogP contribution in [0.3, 0.4) is 0 Å². The van der Waals surface area contributed by atoms with E-state index in [0.717, 1.165) is 30.4 Å². The Kier molecular flexibility index (Phi) is 14.6. The summed E-state index contributed by atoms with van der Waals surface area (Å²) in [6.45, 7) is 9.81. The van der Waals surface area contributed by atoms with E-state index in [1.165, 1.54) is 26.2 Å². The first-order valence-corrected chi connectivity index (χ1v) is 15.6. The van der Waals surface area contributed by atoms with E-state index in [1.807, 2.05) is 60.7 Å². The lowest BCUT2D eigenvalue weighted by Gasteiger charge is -2.45. The molecule has 5 atom stereocenters. The molecule has 1 saturated heterocycles. The van der Waals surface area contributed by atoms with Gasteiger partial charge in [-0.1, -0.05) is 99.7 Å². The largest absolute Gasteiger partial charge is 0.462 e. The lowest BCUT2D eigenvalue weighted by atomic mass is 9.96. The number of ether oxygens (including phenoxy) is 6. The molecule has 1 fully saturated rings. The molecule has 1 heterocycles. The minimum atomic E-state index is -0.869. The van der Waals surface area contributed by atoms with Crippen molar-refractivity contribution >= 4 is 11.9 Å². The topological polar surface area (TPSA) is 89.5 Å². The smallest absolute Gasteiger partial charge is 0.311 e. The Hall–Kier alpha value is -2.78. The molecule has 0 amide bonds. The van der Waals surface area contributed by atoms with Crippen LogP contribution in [-0.4, -0.2) is 55.9 Å². The zero-order chi connectivity index (χ0) is 31.1. The number of unbranched alkanes of at least 4 members (excludes halogenated alkanes) is 5. The van der Waals surface area contributed by atoms with Crippen molar-refractivity contribution in [2.75, 3.05) is 13.2 Å². The fraction of sp³-hybridized carbons (Fsp3) is 0.600. The average Bonchev–Trinajstić information content (AvgIpc) is 2.98. The van der Waals surface area contributed by atoms with Crippen LogP contribution in [0.4, 0.5) is 0 Å². The van der Waals surface area contributed by atoms with Crippen LogP contribution in [-0.2, 0) is 51.2 Å². The molecule has 8 heteroatoms. The summed E-state index contributed by atoms with van der Waals surface area (Å²) in [6, 6.07) is 19.5. The molecule has 8 nitrogen and oxygen atoms in total. The monoisotopic (exact) mass is 598 g/mol. The van der Waals surface area contributed by atoms with Gasteiger partial charge in [0.25, 0.3) is 0 Å². The summed E-state index contributed by atoms with van der Waals surface area (Å²) >= 11 is 0. The Morgan fingerprint density at radius 3 is 1.86 bits per heavy atom. The van der Waals surface area contributed by atoms with Crippen LogP contribution in [0.5, 0.6) is 0 Å². The summed E-state index contributed by atoms with van der Waals surface area (Å²) in [5.74, 6) is -0.845.